The van der Waals surface area contributed by atoms with Crippen LogP contribution in [0.15, 0.2) is 66.7 Å². The van der Waals surface area contributed by atoms with E-state index in [-0.39, 0.29) is 24.5 Å². The van der Waals surface area contributed by atoms with Crippen molar-refractivity contribution in [3.8, 4) is 5.75 Å². The SMILES string of the molecule is CC[C@@H](C)NC(=O)[C@H](CC)N(Cc1cccc(C)c1)C(=O)COc1cccc2ccccc12. The van der Waals surface area contributed by atoms with Gasteiger partial charge in [-0.05, 0) is 43.7 Å². The van der Waals surface area contributed by atoms with Gasteiger partial charge in [-0.3, -0.25) is 9.59 Å². The second-order valence-electron chi connectivity index (χ2n) is 8.52. The first kappa shape index (κ1) is 24.3. The average Bonchev–Trinajstić information content (AvgIpc) is 2.82. The summed E-state index contributed by atoms with van der Waals surface area (Å²) < 4.78 is 5.98. The Balaban J connectivity index is 1.83. The molecule has 3 aromatic rings. The molecule has 0 saturated heterocycles. The van der Waals surface area contributed by atoms with Crippen LogP contribution in [-0.2, 0) is 16.1 Å². The van der Waals surface area contributed by atoms with Gasteiger partial charge >= 0.3 is 0 Å². The van der Waals surface area contributed by atoms with E-state index in [1.54, 1.807) is 4.90 Å². The Labute approximate surface area is 196 Å². The zero-order valence-electron chi connectivity index (χ0n) is 20.0. The minimum absolute atomic E-state index is 0.0504. The molecule has 174 valence electrons. The highest BCUT2D eigenvalue weighted by atomic mass is 16.5. The van der Waals surface area contributed by atoms with E-state index in [1.165, 1.54) is 0 Å². The number of fused-ring (bicyclic) bond motifs is 1. The maximum atomic E-state index is 13.4. The molecule has 5 heteroatoms. The predicted octanol–water partition coefficient (Wildman–Crippen LogP) is 5.25. The lowest BCUT2D eigenvalue weighted by Crippen LogP contribution is -2.51. The Bertz CT molecular complexity index is 1090. The zero-order valence-corrected chi connectivity index (χ0v) is 20.0. The molecule has 2 atom stereocenters. The molecular weight excluding hydrogens is 412 g/mol. The van der Waals surface area contributed by atoms with Gasteiger partial charge in [0, 0.05) is 18.0 Å². The van der Waals surface area contributed by atoms with Crippen molar-refractivity contribution >= 4 is 22.6 Å². The molecule has 0 saturated carbocycles. The number of nitrogens with one attached hydrogen (secondary N) is 1. The molecule has 0 unspecified atom stereocenters. The highest BCUT2D eigenvalue weighted by molar-refractivity contribution is 5.90. The summed E-state index contributed by atoms with van der Waals surface area (Å²) in [4.78, 5) is 28.1. The van der Waals surface area contributed by atoms with Crippen molar-refractivity contribution in [3.05, 3.63) is 77.9 Å². The van der Waals surface area contributed by atoms with Crippen LogP contribution in [-0.4, -0.2) is 35.4 Å². The Morgan fingerprint density at radius 2 is 1.70 bits per heavy atom. The van der Waals surface area contributed by atoms with Crippen LogP contribution >= 0.6 is 0 Å². The summed E-state index contributed by atoms with van der Waals surface area (Å²) in [5.41, 5.74) is 2.10. The largest absolute Gasteiger partial charge is 0.483 e. The van der Waals surface area contributed by atoms with E-state index >= 15 is 0 Å². The number of carbonyl (C=O) groups excluding carboxylic acids is 2. The highest BCUT2D eigenvalue weighted by Crippen LogP contribution is 2.25. The van der Waals surface area contributed by atoms with E-state index in [4.69, 9.17) is 4.74 Å². The second-order valence-corrected chi connectivity index (χ2v) is 8.52. The fraction of sp³-hybridized carbons (Fsp3) is 0.357. The predicted molar refractivity (Wildman–Crippen MR) is 133 cm³/mol. The van der Waals surface area contributed by atoms with Crippen molar-refractivity contribution in [2.24, 2.45) is 0 Å². The van der Waals surface area contributed by atoms with Crippen molar-refractivity contribution in [2.75, 3.05) is 6.61 Å². The minimum Gasteiger partial charge on any atom is -0.483 e. The Kier molecular flexibility index (Phi) is 8.47. The number of hydrogen-bond acceptors (Lipinski definition) is 3. The summed E-state index contributed by atoms with van der Waals surface area (Å²) in [7, 11) is 0. The van der Waals surface area contributed by atoms with Crippen LogP contribution in [0.1, 0.15) is 44.7 Å². The fourth-order valence-electron chi connectivity index (χ4n) is 3.91. The van der Waals surface area contributed by atoms with Gasteiger partial charge in [-0.15, -0.1) is 0 Å². The van der Waals surface area contributed by atoms with Crippen LogP contribution in [0.2, 0.25) is 0 Å². The molecule has 0 fully saturated rings. The molecule has 0 aromatic heterocycles. The van der Waals surface area contributed by atoms with Gasteiger partial charge in [-0.2, -0.15) is 0 Å². The number of aryl methyl sites for hydroxylation is 1. The molecule has 0 aliphatic heterocycles. The molecule has 3 rings (SSSR count). The molecule has 0 spiro atoms. The average molecular weight is 447 g/mol. The molecule has 1 N–H and O–H groups in total. The van der Waals surface area contributed by atoms with Gasteiger partial charge < -0.3 is 15.0 Å². The lowest BCUT2D eigenvalue weighted by Gasteiger charge is -2.31. The van der Waals surface area contributed by atoms with Crippen LogP contribution in [0.4, 0.5) is 0 Å². The third-order valence-corrected chi connectivity index (χ3v) is 5.92. The van der Waals surface area contributed by atoms with E-state index in [2.05, 4.69) is 5.32 Å². The first-order valence-electron chi connectivity index (χ1n) is 11.7. The van der Waals surface area contributed by atoms with Crippen LogP contribution in [0.5, 0.6) is 5.75 Å². The van der Waals surface area contributed by atoms with Crippen LogP contribution in [0, 0.1) is 6.92 Å². The van der Waals surface area contributed by atoms with E-state index in [0.717, 1.165) is 28.3 Å². The normalized spacial score (nSPS) is 12.7. The van der Waals surface area contributed by atoms with E-state index in [1.807, 2.05) is 94.4 Å². The zero-order chi connectivity index (χ0) is 23.8. The maximum Gasteiger partial charge on any atom is 0.261 e. The second kappa shape index (κ2) is 11.5. The van der Waals surface area contributed by atoms with Gasteiger partial charge in [0.15, 0.2) is 6.61 Å². The number of carbonyl (C=O) groups is 2. The van der Waals surface area contributed by atoms with Crippen molar-refractivity contribution < 1.29 is 14.3 Å². The van der Waals surface area contributed by atoms with Crippen LogP contribution in [0.25, 0.3) is 10.8 Å². The van der Waals surface area contributed by atoms with Gasteiger partial charge in [0.05, 0.1) is 0 Å². The molecule has 3 aromatic carbocycles. The summed E-state index contributed by atoms with van der Waals surface area (Å²) >= 11 is 0. The Morgan fingerprint density at radius 3 is 2.42 bits per heavy atom. The number of nitrogens with zero attached hydrogens (tertiary/aromatic N) is 1. The first-order chi connectivity index (χ1) is 15.9. The van der Waals surface area contributed by atoms with Crippen molar-refractivity contribution in [3.63, 3.8) is 0 Å². The molecule has 0 aliphatic rings. The Hall–Kier alpha value is -3.34. The standard InChI is InChI=1S/C28H34N2O3/c1-5-21(4)29-28(32)25(6-2)30(18-22-12-9-11-20(3)17-22)27(31)19-33-26-16-10-14-23-13-7-8-15-24(23)26/h7-17,21,25H,5-6,18-19H2,1-4H3,(H,29,32)/t21-,25+/m1/s1. The van der Waals surface area contributed by atoms with Gasteiger partial charge in [0.25, 0.3) is 5.91 Å². The first-order valence-corrected chi connectivity index (χ1v) is 11.7. The monoisotopic (exact) mass is 446 g/mol. The maximum absolute atomic E-state index is 13.4. The smallest absolute Gasteiger partial charge is 0.261 e. The highest BCUT2D eigenvalue weighted by Gasteiger charge is 2.29. The quantitative estimate of drug-likeness (QED) is 0.463. The van der Waals surface area contributed by atoms with E-state index in [0.29, 0.717) is 18.7 Å². The molecule has 33 heavy (non-hydrogen) atoms. The summed E-state index contributed by atoms with van der Waals surface area (Å²) in [5.74, 6) is 0.322. The van der Waals surface area contributed by atoms with Crippen molar-refractivity contribution in [1.82, 2.24) is 10.2 Å². The number of benzene rings is 3. The molecule has 2 amide bonds. The minimum atomic E-state index is -0.567. The van der Waals surface area contributed by atoms with Gasteiger partial charge in [0.1, 0.15) is 11.8 Å². The fourth-order valence-corrected chi connectivity index (χ4v) is 3.91. The van der Waals surface area contributed by atoms with Gasteiger partial charge in [0.2, 0.25) is 5.91 Å². The Morgan fingerprint density at radius 1 is 0.970 bits per heavy atom. The summed E-state index contributed by atoms with van der Waals surface area (Å²) in [6, 6.07) is 21.2. The number of rotatable bonds is 10. The molecule has 5 nitrogen and oxygen atoms in total. The van der Waals surface area contributed by atoms with Crippen LogP contribution < -0.4 is 10.1 Å². The topological polar surface area (TPSA) is 58.6 Å². The number of amides is 2. The molecule has 0 bridgehead atoms. The van der Waals surface area contributed by atoms with Gasteiger partial charge in [-0.1, -0.05) is 80.1 Å². The molecule has 0 aliphatic carbocycles. The summed E-state index contributed by atoms with van der Waals surface area (Å²) in [5, 5.41) is 5.05. The number of ether oxygens (including phenoxy) is 1. The van der Waals surface area contributed by atoms with E-state index in [9.17, 15) is 9.59 Å². The van der Waals surface area contributed by atoms with Gasteiger partial charge in [-0.25, -0.2) is 0 Å². The van der Waals surface area contributed by atoms with Crippen LogP contribution in [0.3, 0.4) is 0 Å². The molecular formula is C28H34N2O3. The van der Waals surface area contributed by atoms with Crippen molar-refractivity contribution in [1.29, 1.82) is 0 Å². The third kappa shape index (κ3) is 6.35. The number of hydrogen-bond donors (Lipinski definition) is 1. The lowest BCUT2D eigenvalue weighted by atomic mass is 10.1. The summed E-state index contributed by atoms with van der Waals surface area (Å²) in [6.07, 6.45) is 1.35. The lowest BCUT2D eigenvalue weighted by molar-refractivity contribution is -0.143. The summed E-state index contributed by atoms with van der Waals surface area (Å²) in [6.45, 7) is 8.18. The molecule has 0 radical (unpaired) electrons. The third-order valence-electron chi connectivity index (χ3n) is 5.92. The molecule has 0 heterocycles. The van der Waals surface area contributed by atoms with Crippen molar-refractivity contribution in [2.45, 2.75) is 59.2 Å². The van der Waals surface area contributed by atoms with E-state index < -0.39 is 6.04 Å².